The third-order valence-corrected chi connectivity index (χ3v) is 4.95. The van der Waals surface area contributed by atoms with Crippen molar-refractivity contribution < 1.29 is 0 Å². The second-order valence-electron chi connectivity index (χ2n) is 5.30. The maximum atomic E-state index is 3.70. The van der Waals surface area contributed by atoms with E-state index in [1.165, 1.54) is 11.1 Å². The van der Waals surface area contributed by atoms with Gasteiger partial charge in [0.25, 0.3) is 0 Å². The first-order chi connectivity index (χ1) is 10.1. The molecule has 2 atom stereocenters. The van der Waals surface area contributed by atoms with Crippen LogP contribution in [0.1, 0.15) is 43.4 Å². The largest absolute Gasteiger partial charge is 0.309 e. The molecule has 2 aromatic carbocycles. The number of hydrogen-bond donors (Lipinski definition) is 1. The van der Waals surface area contributed by atoms with Gasteiger partial charge in [-0.05, 0) is 42.3 Å². The maximum absolute atomic E-state index is 3.70. The molecular weight excluding hydrogens is 390 g/mol. The minimum atomic E-state index is 0.291. The highest BCUT2D eigenvalue weighted by Crippen LogP contribution is 2.35. The lowest BCUT2D eigenvalue weighted by atomic mass is 9.88. The molecule has 0 fully saturated rings. The average molecular weight is 411 g/mol. The van der Waals surface area contributed by atoms with Crippen LogP contribution in [0.3, 0.4) is 0 Å². The standard InChI is InChI=1S/C18H21Br2N/c1-3-11-21-18(13(2)14-7-5-4-6-8-14)16-12-15(19)9-10-17(16)20/h4-10,12-13,18,21H,3,11H2,1-2H3. The van der Waals surface area contributed by atoms with Crippen LogP contribution in [0.5, 0.6) is 0 Å². The third kappa shape index (κ3) is 4.41. The molecule has 2 aromatic rings. The summed E-state index contributed by atoms with van der Waals surface area (Å²) in [5.74, 6) is 0.406. The summed E-state index contributed by atoms with van der Waals surface area (Å²) in [5, 5.41) is 3.70. The van der Waals surface area contributed by atoms with Gasteiger partial charge < -0.3 is 5.32 Å². The van der Waals surface area contributed by atoms with Gasteiger partial charge in [-0.2, -0.15) is 0 Å². The number of hydrogen-bond acceptors (Lipinski definition) is 1. The van der Waals surface area contributed by atoms with Crippen LogP contribution in [0.4, 0.5) is 0 Å². The van der Waals surface area contributed by atoms with E-state index in [4.69, 9.17) is 0 Å². The Balaban J connectivity index is 2.36. The van der Waals surface area contributed by atoms with Crippen molar-refractivity contribution in [3.63, 3.8) is 0 Å². The predicted molar refractivity (Wildman–Crippen MR) is 97.7 cm³/mol. The number of rotatable bonds is 6. The molecule has 1 N–H and O–H groups in total. The molecule has 3 heteroatoms. The van der Waals surface area contributed by atoms with E-state index >= 15 is 0 Å². The Hall–Kier alpha value is -0.640. The Morgan fingerprint density at radius 1 is 1.05 bits per heavy atom. The molecule has 0 aliphatic rings. The molecule has 0 aliphatic heterocycles. The van der Waals surface area contributed by atoms with Crippen LogP contribution in [0.25, 0.3) is 0 Å². The Labute approximate surface area is 144 Å². The lowest BCUT2D eigenvalue weighted by molar-refractivity contribution is 0.465. The van der Waals surface area contributed by atoms with E-state index in [1.807, 2.05) is 0 Å². The second kappa shape index (κ2) is 8.11. The van der Waals surface area contributed by atoms with Crippen molar-refractivity contribution in [2.45, 2.75) is 32.2 Å². The first-order valence-corrected chi connectivity index (χ1v) is 8.95. The Kier molecular flexibility index (Phi) is 6.46. The summed E-state index contributed by atoms with van der Waals surface area (Å²) in [6, 6.07) is 17.4. The van der Waals surface area contributed by atoms with Crippen molar-refractivity contribution in [1.29, 1.82) is 0 Å². The summed E-state index contributed by atoms with van der Waals surface area (Å²) in [4.78, 5) is 0. The maximum Gasteiger partial charge on any atom is 0.0398 e. The van der Waals surface area contributed by atoms with Crippen molar-refractivity contribution in [1.82, 2.24) is 5.32 Å². The fourth-order valence-electron chi connectivity index (χ4n) is 2.56. The second-order valence-corrected chi connectivity index (χ2v) is 7.07. The molecule has 0 amide bonds. The van der Waals surface area contributed by atoms with Gasteiger partial charge in [-0.15, -0.1) is 0 Å². The van der Waals surface area contributed by atoms with Crippen LogP contribution >= 0.6 is 31.9 Å². The lowest BCUT2D eigenvalue weighted by Gasteiger charge is -2.27. The number of nitrogens with one attached hydrogen (secondary N) is 1. The predicted octanol–water partition coefficient (Wildman–Crippen LogP) is 6.06. The lowest BCUT2D eigenvalue weighted by Crippen LogP contribution is -2.27. The summed E-state index contributed by atoms with van der Waals surface area (Å²) >= 11 is 7.29. The van der Waals surface area contributed by atoms with E-state index in [9.17, 15) is 0 Å². The molecular formula is C18H21Br2N. The Morgan fingerprint density at radius 2 is 1.76 bits per heavy atom. The van der Waals surface area contributed by atoms with Crippen LogP contribution in [0, 0.1) is 0 Å². The van der Waals surface area contributed by atoms with Crippen molar-refractivity contribution >= 4 is 31.9 Å². The van der Waals surface area contributed by atoms with Crippen LogP contribution in [0.2, 0.25) is 0 Å². The van der Waals surface area contributed by atoms with Crippen molar-refractivity contribution in [2.75, 3.05) is 6.54 Å². The molecule has 112 valence electrons. The van der Waals surface area contributed by atoms with Gasteiger partial charge in [0.05, 0.1) is 0 Å². The SMILES string of the molecule is CCCNC(c1cc(Br)ccc1Br)C(C)c1ccccc1. The van der Waals surface area contributed by atoms with Gasteiger partial charge in [-0.25, -0.2) is 0 Å². The fraction of sp³-hybridized carbons (Fsp3) is 0.333. The molecule has 2 rings (SSSR count). The monoisotopic (exact) mass is 409 g/mol. The van der Waals surface area contributed by atoms with Crippen molar-refractivity contribution in [3.05, 3.63) is 68.6 Å². The summed E-state index contributed by atoms with van der Waals surface area (Å²) in [7, 11) is 0. The Bertz CT molecular complexity index is 569. The molecule has 0 aliphatic carbocycles. The van der Waals surface area contributed by atoms with Gasteiger partial charge in [0.2, 0.25) is 0 Å². The molecule has 2 unspecified atom stereocenters. The molecule has 1 nitrogen and oxygen atoms in total. The summed E-state index contributed by atoms with van der Waals surface area (Å²) in [6.45, 7) is 5.50. The van der Waals surface area contributed by atoms with Crippen LogP contribution in [-0.4, -0.2) is 6.54 Å². The van der Waals surface area contributed by atoms with Crippen LogP contribution < -0.4 is 5.32 Å². The third-order valence-electron chi connectivity index (χ3n) is 3.73. The molecule has 0 saturated carbocycles. The zero-order valence-electron chi connectivity index (χ0n) is 12.4. The molecule has 0 radical (unpaired) electrons. The summed E-state index contributed by atoms with van der Waals surface area (Å²) in [6.07, 6.45) is 1.13. The highest BCUT2D eigenvalue weighted by atomic mass is 79.9. The molecule has 0 aromatic heterocycles. The zero-order chi connectivity index (χ0) is 15.2. The van der Waals surface area contributed by atoms with E-state index in [0.29, 0.717) is 12.0 Å². The van der Waals surface area contributed by atoms with Crippen molar-refractivity contribution in [3.8, 4) is 0 Å². The Morgan fingerprint density at radius 3 is 2.43 bits per heavy atom. The van der Waals surface area contributed by atoms with Gasteiger partial charge in [-0.3, -0.25) is 0 Å². The van der Waals surface area contributed by atoms with E-state index in [-0.39, 0.29) is 0 Å². The minimum absolute atomic E-state index is 0.291. The van der Waals surface area contributed by atoms with E-state index in [0.717, 1.165) is 21.9 Å². The van der Waals surface area contributed by atoms with Crippen LogP contribution in [0.15, 0.2) is 57.5 Å². The van der Waals surface area contributed by atoms with Crippen molar-refractivity contribution in [2.24, 2.45) is 0 Å². The van der Waals surface area contributed by atoms with E-state index < -0.39 is 0 Å². The highest BCUT2D eigenvalue weighted by molar-refractivity contribution is 9.11. The van der Waals surface area contributed by atoms with Gasteiger partial charge in [0.1, 0.15) is 0 Å². The number of benzene rings is 2. The van der Waals surface area contributed by atoms with Crippen LogP contribution in [-0.2, 0) is 0 Å². The van der Waals surface area contributed by atoms with E-state index in [2.05, 4.69) is 99.6 Å². The van der Waals surface area contributed by atoms with Gasteiger partial charge >= 0.3 is 0 Å². The molecule has 21 heavy (non-hydrogen) atoms. The average Bonchev–Trinajstić information content (AvgIpc) is 2.51. The summed E-state index contributed by atoms with van der Waals surface area (Å²) < 4.78 is 2.27. The topological polar surface area (TPSA) is 12.0 Å². The van der Waals surface area contributed by atoms with Gasteiger partial charge in [0, 0.05) is 20.9 Å². The first-order valence-electron chi connectivity index (χ1n) is 7.36. The van der Waals surface area contributed by atoms with E-state index in [1.54, 1.807) is 0 Å². The molecule has 0 bridgehead atoms. The molecule has 0 saturated heterocycles. The fourth-order valence-corrected chi connectivity index (χ4v) is 3.43. The summed E-state index contributed by atoms with van der Waals surface area (Å²) in [5.41, 5.74) is 2.66. The molecule has 0 spiro atoms. The number of halogens is 2. The first kappa shape index (κ1) is 16.7. The smallest absolute Gasteiger partial charge is 0.0398 e. The quantitative estimate of drug-likeness (QED) is 0.610. The normalized spacial score (nSPS) is 13.9. The molecule has 0 heterocycles. The zero-order valence-corrected chi connectivity index (χ0v) is 15.6. The minimum Gasteiger partial charge on any atom is -0.309 e. The highest BCUT2D eigenvalue weighted by Gasteiger charge is 2.22. The van der Waals surface area contributed by atoms with Gasteiger partial charge in [0.15, 0.2) is 0 Å². The van der Waals surface area contributed by atoms with Gasteiger partial charge in [-0.1, -0.05) is 76.0 Å².